The molecule has 0 spiro atoms. The number of hydrogen-bond donors (Lipinski definition) is 2. The van der Waals surface area contributed by atoms with Gasteiger partial charge in [0.05, 0.1) is 6.17 Å². The zero-order valence-corrected chi connectivity index (χ0v) is 10.2. The molecule has 0 aliphatic carbocycles. The summed E-state index contributed by atoms with van der Waals surface area (Å²) in [6, 6.07) is 0. The molecule has 0 aliphatic rings. The van der Waals surface area contributed by atoms with E-state index in [1.54, 1.807) is 0 Å². The van der Waals surface area contributed by atoms with Crippen molar-refractivity contribution in [2.24, 2.45) is 11.5 Å². The predicted molar refractivity (Wildman–Crippen MR) is 68.3 cm³/mol. The van der Waals surface area contributed by atoms with E-state index in [9.17, 15) is 0 Å². The van der Waals surface area contributed by atoms with E-state index in [0.717, 1.165) is 12.8 Å². The van der Waals surface area contributed by atoms with Gasteiger partial charge in [-0.25, -0.2) is 0 Å². The summed E-state index contributed by atoms with van der Waals surface area (Å²) < 4.78 is 0. The molecule has 2 heteroatoms. The molecule has 0 heterocycles. The van der Waals surface area contributed by atoms with Crippen LogP contribution in [0.1, 0.15) is 70.6 Å². The lowest BCUT2D eigenvalue weighted by atomic mass is 10.1. The van der Waals surface area contributed by atoms with Gasteiger partial charge < -0.3 is 11.5 Å². The Labute approximate surface area is 95.8 Å². The Balaban J connectivity index is 2.87. The van der Waals surface area contributed by atoms with Crippen LogP contribution in [0.3, 0.4) is 0 Å². The molecule has 0 fully saturated rings. The van der Waals surface area contributed by atoms with Crippen molar-refractivity contribution < 1.29 is 0 Å². The van der Waals surface area contributed by atoms with Crippen LogP contribution < -0.4 is 11.5 Å². The van der Waals surface area contributed by atoms with Crippen LogP contribution in [-0.4, -0.2) is 6.17 Å². The predicted octanol–water partition coefficient (Wildman–Crippen LogP) is 3.36. The SMILES string of the molecule is [CH2]CCCCCCCCCCCC(N)N. The third kappa shape index (κ3) is 13.9. The molecule has 0 saturated carbocycles. The van der Waals surface area contributed by atoms with Gasteiger partial charge in [0.1, 0.15) is 0 Å². The summed E-state index contributed by atoms with van der Waals surface area (Å²) in [7, 11) is 0. The van der Waals surface area contributed by atoms with Crippen LogP contribution in [0.25, 0.3) is 0 Å². The Hall–Kier alpha value is -0.0800. The normalized spacial score (nSPS) is 11.2. The van der Waals surface area contributed by atoms with Gasteiger partial charge in [-0.1, -0.05) is 71.1 Å². The number of unbranched alkanes of at least 4 members (excludes halogenated alkanes) is 9. The molecule has 15 heavy (non-hydrogen) atoms. The second kappa shape index (κ2) is 12.0. The number of nitrogens with two attached hydrogens (primary N) is 2. The van der Waals surface area contributed by atoms with Gasteiger partial charge in [0.25, 0.3) is 0 Å². The highest BCUT2D eigenvalue weighted by molar-refractivity contribution is 4.52. The molecule has 0 rings (SSSR count). The average molecular weight is 213 g/mol. The Kier molecular flexibility index (Phi) is 11.9. The van der Waals surface area contributed by atoms with E-state index in [1.165, 1.54) is 57.8 Å². The molecule has 0 aromatic rings. The van der Waals surface area contributed by atoms with Crippen molar-refractivity contribution in [1.82, 2.24) is 0 Å². The van der Waals surface area contributed by atoms with E-state index in [1.807, 2.05) is 0 Å². The minimum atomic E-state index is -0.104. The van der Waals surface area contributed by atoms with Crippen LogP contribution in [0.2, 0.25) is 0 Å². The molecule has 0 unspecified atom stereocenters. The van der Waals surface area contributed by atoms with Crippen LogP contribution in [0.15, 0.2) is 0 Å². The molecule has 0 atom stereocenters. The van der Waals surface area contributed by atoms with Gasteiger partial charge in [0, 0.05) is 0 Å². The van der Waals surface area contributed by atoms with Crippen LogP contribution in [0.5, 0.6) is 0 Å². The van der Waals surface area contributed by atoms with Crippen molar-refractivity contribution in [1.29, 1.82) is 0 Å². The van der Waals surface area contributed by atoms with Gasteiger partial charge in [0.2, 0.25) is 0 Å². The lowest BCUT2D eigenvalue weighted by molar-refractivity contribution is 0.528. The maximum absolute atomic E-state index is 5.47. The Morgan fingerprint density at radius 2 is 1.07 bits per heavy atom. The van der Waals surface area contributed by atoms with Gasteiger partial charge in [-0.05, 0) is 6.42 Å². The van der Waals surface area contributed by atoms with Crippen LogP contribution in [-0.2, 0) is 0 Å². The van der Waals surface area contributed by atoms with Crippen molar-refractivity contribution >= 4 is 0 Å². The summed E-state index contributed by atoms with van der Waals surface area (Å²) in [5, 5.41) is 0. The topological polar surface area (TPSA) is 52.0 Å². The molecule has 0 bridgehead atoms. The smallest absolute Gasteiger partial charge is 0.0520 e. The lowest BCUT2D eigenvalue weighted by Gasteiger charge is -2.04. The summed E-state index contributed by atoms with van der Waals surface area (Å²) >= 11 is 0. The summed E-state index contributed by atoms with van der Waals surface area (Å²) in [5.74, 6) is 0. The summed E-state index contributed by atoms with van der Waals surface area (Å²) in [4.78, 5) is 0. The summed E-state index contributed by atoms with van der Waals surface area (Å²) in [5.41, 5.74) is 10.9. The van der Waals surface area contributed by atoms with Gasteiger partial charge in [-0.3, -0.25) is 0 Å². The maximum atomic E-state index is 5.47. The lowest BCUT2D eigenvalue weighted by Crippen LogP contribution is -2.29. The van der Waals surface area contributed by atoms with Crippen LogP contribution >= 0.6 is 0 Å². The Bertz CT molecular complexity index is 113. The van der Waals surface area contributed by atoms with Crippen molar-refractivity contribution in [3.8, 4) is 0 Å². The quantitative estimate of drug-likeness (QED) is 0.408. The molecular weight excluding hydrogens is 184 g/mol. The molecule has 91 valence electrons. The van der Waals surface area contributed by atoms with Gasteiger partial charge in [-0.2, -0.15) is 0 Å². The first-order chi connectivity index (χ1) is 7.27. The third-order valence-electron chi connectivity index (χ3n) is 2.79. The zero-order valence-electron chi connectivity index (χ0n) is 10.2. The highest BCUT2D eigenvalue weighted by atomic mass is 14.8. The van der Waals surface area contributed by atoms with Crippen LogP contribution in [0, 0.1) is 6.92 Å². The van der Waals surface area contributed by atoms with Crippen LogP contribution in [0.4, 0.5) is 0 Å². The summed E-state index contributed by atoms with van der Waals surface area (Å²) in [6.45, 7) is 3.85. The highest BCUT2D eigenvalue weighted by Crippen LogP contribution is 2.11. The van der Waals surface area contributed by atoms with E-state index in [-0.39, 0.29) is 6.17 Å². The first kappa shape index (κ1) is 14.9. The maximum Gasteiger partial charge on any atom is 0.0520 e. The van der Waals surface area contributed by atoms with E-state index in [4.69, 9.17) is 11.5 Å². The molecule has 0 aromatic carbocycles. The van der Waals surface area contributed by atoms with E-state index in [0.29, 0.717) is 0 Å². The first-order valence-electron chi connectivity index (χ1n) is 6.57. The third-order valence-corrected chi connectivity index (χ3v) is 2.79. The fraction of sp³-hybridized carbons (Fsp3) is 0.923. The number of hydrogen-bond acceptors (Lipinski definition) is 2. The fourth-order valence-corrected chi connectivity index (χ4v) is 1.79. The zero-order chi connectivity index (χ0) is 11.4. The molecule has 0 amide bonds. The van der Waals surface area contributed by atoms with Crippen molar-refractivity contribution in [3.63, 3.8) is 0 Å². The van der Waals surface area contributed by atoms with Gasteiger partial charge >= 0.3 is 0 Å². The Morgan fingerprint density at radius 1 is 0.667 bits per heavy atom. The minimum Gasteiger partial charge on any atom is -0.316 e. The molecule has 0 aliphatic heterocycles. The van der Waals surface area contributed by atoms with E-state index < -0.39 is 0 Å². The second-order valence-corrected chi connectivity index (χ2v) is 4.49. The molecule has 1 radical (unpaired) electrons. The van der Waals surface area contributed by atoms with Crippen molar-refractivity contribution in [3.05, 3.63) is 6.92 Å². The molecule has 2 nitrogen and oxygen atoms in total. The largest absolute Gasteiger partial charge is 0.316 e. The van der Waals surface area contributed by atoms with E-state index >= 15 is 0 Å². The Morgan fingerprint density at radius 3 is 1.47 bits per heavy atom. The molecule has 4 N–H and O–H groups in total. The minimum absolute atomic E-state index is 0.104. The van der Waals surface area contributed by atoms with Gasteiger partial charge in [0.15, 0.2) is 0 Å². The molecular formula is C13H29N2. The van der Waals surface area contributed by atoms with E-state index in [2.05, 4.69) is 6.92 Å². The molecule has 0 aromatic heterocycles. The van der Waals surface area contributed by atoms with Gasteiger partial charge in [-0.15, -0.1) is 0 Å². The highest BCUT2D eigenvalue weighted by Gasteiger charge is 1.95. The van der Waals surface area contributed by atoms with Crippen molar-refractivity contribution in [2.45, 2.75) is 76.8 Å². The average Bonchev–Trinajstić information content (AvgIpc) is 2.20. The number of rotatable bonds is 11. The first-order valence-corrected chi connectivity index (χ1v) is 6.57. The van der Waals surface area contributed by atoms with Crippen molar-refractivity contribution in [2.75, 3.05) is 0 Å². The fourth-order valence-electron chi connectivity index (χ4n) is 1.79. The standard InChI is InChI=1S/C13H29N2/c1-2-3-4-5-6-7-8-9-10-11-12-13(14)15/h13H,1-12,14-15H2. The monoisotopic (exact) mass is 213 g/mol. The second-order valence-electron chi connectivity index (χ2n) is 4.49. The summed E-state index contributed by atoms with van der Waals surface area (Å²) in [6.07, 6.45) is 14.0. The molecule has 0 saturated heterocycles.